The topological polar surface area (TPSA) is 121 Å². The van der Waals surface area contributed by atoms with E-state index in [-0.39, 0.29) is 29.5 Å². The number of ketones is 2. The number of Topliss-reactive ketones (excluding diaryl/α,β-unsaturated/α-hetero) is 1. The van der Waals surface area contributed by atoms with E-state index in [1.807, 2.05) is 6.92 Å². The zero-order chi connectivity index (χ0) is 29.6. The molecule has 0 spiro atoms. The van der Waals surface area contributed by atoms with Crippen molar-refractivity contribution in [1.82, 2.24) is 0 Å². The van der Waals surface area contributed by atoms with Gasteiger partial charge in [-0.15, -0.1) is 0 Å². The lowest BCUT2D eigenvalue weighted by atomic mass is 9.38. The van der Waals surface area contributed by atoms with E-state index in [1.54, 1.807) is 13.8 Å². The van der Waals surface area contributed by atoms with Gasteiger partial charge in [0.1, 0.15) is 17.0 Å². The minimum atomic E-state index is -1.94. The lowest BCUT2D eigenvalue weighted by Crippen LogP contribution is -2.64. The van der Waals surface area contributed by atoms with Gasteiger partial charge in [-0.25, -0.2) is 0 Å². The largest absolute Gasteiger partial charge is 0.456 e. The van der Waals surface area contributed by atoms with Crippen LogP contribution in [0.15, 0.2) is 23.8 Å². The minimum absolute atomic E-state index is 0.0753. The molecule has 7 nitrogen and oxygen atoms in total. The number of aliphatic hydroxyl groups excluding tert-OH is 2. The van der Waals surface area contributed by atoms with Gasteiger partial charge in [0.05, 0.1) is 12.2 Å². The molecule has 9 atom stereocenters. The average molecular weight is 545 g/mol. The summed E-state index contributed by atoms with van der Waals surface area (Å²) in [5.41, 5.74) is -3.99. The van der Waals surface area contributed by atoms with Crippen molar-refractivity contribution in [2.75, 3.05) is 0 Å². The van der Waals surface area contributed by atoms with Crippen LogP contribution in [-0.2, 0) is 19.1 Å². The molecule has 4 aliphatic carbocycles. The van der Waals surface area contributed by atoms with Crippen LogP contribution in [0, 0.1) is 39.4 Å². The van der Waals surface area contributed by atoms with E-state index in [0.29, 0.717) is 25.7 Å². The molecule has 1 unspecified atom stereocenters. The molecule has 3 fully saturated rings. The number of rotatable bonds is 5. The highest BCUT2D eigenvalue weighted by Gasteiger charge is 2.74. The standard InChI is InChI=1S/C32H48O7/c1-18(33)39-28(4,5)13-12-24(36)32(9,38)26-22(35)16-29(6)23-11-10-20-21(14-19(34)15-27(20,2)3)31(23,8)25(37)17-30(26,29)7/h10,12-13,19,21-23,26,34-35,38H,11,14-17H2,1-9H3/b13-12+/t19-,21+,22+,23-,26-,29-,30+,31-,32?/m0/s1. The Morgan fingerprint density at radius 1 is 1.05 bits per heavy atom. The number of carbonyl (C=O) groups excluding carboxylic acids is 3. The number of carbonyl (C=O) groups is 3. The summed E-state index contributed by atoms with van der Waals surface area (Å²) in [7, 11) is 0. The Kier molecular flexibility index (Phi) is 7.02. The number of aliphatic hydroxyl groups is 3. The van der Waals surface area contributed by atoms with E-state index >= 15 is 0 Å². The molecule has 3 saturated carbocycles. The molecule has 7 heteroatoms. The molecule has 39 heavy (non-hydrogen) atoms. The van der Waals surface area contributed by atoms with Crippen LogP contribution in [0.3, 0.4) is 0 Å². The van der Waals surface area contributed by atoms with Crippen molar-refractivity contribution < 1.29 is 34.4 Å². The molecule has 0 radical (unpaired) electrons. The first kappa shape index (κ1) is 30.1. The SMILES string of the molecule is CC(=O)OC(C)(C)/C=C/C(=O)C(C)(O)[C@H]1[C@H](O)C[C@@]2(C)[C@@H]3CC=C4[C@@H](C[C@H](O)CC4(C)C)[C@]3(C)C(=O)C[C@]12C. The van der Waals surface area contributed by atoms with Gasteiger partial charge < -0.3 is 20.1 Å². The number of allylic oxidation sites excluding steroid dienone is 2. The van der Waals surface area contributed by atoms with E-state index in [4.69, 9.17) is 4.74 Å². The van der Waals surface area contributed by atoms with Crippen LogP contribution >= 0.6 is 0 Å². The predicted octanol–water partition coefficient (Wildman–Crippen LogP) is 4.32. The van der Waals surface area contributed by atoms with Gasteiger partial charge in [0.2, 0.25) is 0 Å². The fourth-order valence-electron chi connectivity index (χ4n) is 9.63. The molecule has 3 N–H and O–H groups in total. The zero-order valence-electron chi connectivity index (χ0n) is 25.1. The maximum Gasteiger partial charge on any atom is 0.303 e. The smallest absolute Gasteiger partial charge is 0.303 e. The van der Waals surface area contributed by atoms with Crippen LogP contribution in [0.5, 0.6) is 0 Å². The van der Waals surface area contributed by atoms with E-state index in [2.05, 4.69) is 33.8 Å². The van der Waals surface area contributed by atoms with Crippen LogP contribution in [0.25, 0.3) is 0 Å². The maximum absolute atomic E-state index is 14.3. The molecule has 218 valence electrons. The van der Waals surface area contributed by atoms with Gasteiger partial charge >= 0.3 is 5.97 Å². The Morgan fingerprint density at radius 3 is 2.26 bits per heavy atom. The molecular weight excluding hydrogens is 496 g/mol. The van der Waals surface area contributed by atoms with Gasteiger partial charge in [-0.2, -0.15) is 0 Å². The predicted molar refractivity (Wildman–Crippen MR) is 147 cm³/mol. The molecule has 0 saturated heterocycles. The first-order valence-corrected chi connectivity index (χ1v) is 14.4. The summed E-state index contributed by atoms with van der Waals surface area (Å²) in [4.78, 5) is 39.2. The summed E-state index contributed by atoms with van der Waals surface area (Å²) >= 11 is 0. The first-order chi connectivity index (χ1) is 17.6. The van der Waals surface area contributed by atoms with Crippen LogP contribution in [0.2, 0.25) is 0 Å². The zero-order valence-corrected chi connectivity index (χ0v) is 25.1. The monoisotopic (exact) mass is 544 g/mol. The third-order valence-electron chi connectivity index (χ3n) is 11.5. The van der Waals surface area contributed by atoms with Crippen LogP contribution < -0.4 is 0 Å². The van der Waals surface area contributed by atoms with Gasteiger partial charge in [-0.3, -0.25) is 14.4 Å². The number of fused-ring (bicyclic) bond motifs is 5. The molecule has 0 aliphatic heterocycles. The average Bonchev–Trinajstić information content (AvgIpc) is 2.96. The maximum atomic E-state index is 14.3. The number of ether oxygens (including phenoxy) is 1. The molecular formula is C32H48O7. The van der Waals surface area contributed by atoms with Gasteiger partial charge in [0.25, 0.3) is 0 Å². The lowest BCUT2D eigenvalue weighted by molar-refractivity contribution is -0.183. The molecule has 0 heterocycles. The normalized spacial score (nSPS) is 43.1. The van der Waals surface area contributed by atoms with Crippen molar-refractivity contribution in [3.05, 3.63) is 23.8 Å². The highest BCUT2D eigenvalue weighted by Crippen LogP contribution is 2.74. The highest BCUT2D eigenvalue weighted by molar-refractivity contribution is 5.97. The van der Waals surface area contributed by atoms with Gasteiger partial charge in [-0.1, -0.05) is 46.3 Å². The Balaban J connectivity index is 1.73. The second-order valence-electron chi connectivity index (χ2n) is 15.0. The van der Waals surface area contributed by atoms with Crippen molar-refractivity contribution in [1.29, 1.82) is 0 Å². The Bertz CT molecular complexity index is 1130. The number of hydrogen-bond acceptors (Lipinski definition) is 7. The van der Waals surface area contributed by atoms with E-state index < -0.39 is 57.3 Å². The van der Waals surface area contributed by atoms with Gasteiger partial charge in [-0.05, 0) is 86.7 Å². The quantitative estimate of drug-likeness (QED) is 0.268. The summed E-state index contributed by atoms with van der Waals surface area (Å²) in [6.07, 6.45) is 5.91. The summed E-state index contributed by atoms with van der Waals surface area (Å²) < 4.78 is 5.24. The van der Waals surface area contributed by atoms with Gasteiger partial charge in [0.15, 0.2) is 5.78 Å². The molecule has 0 bridgehead atoms. The van der Waals surface area contributed by atoms with Gasteiger partial charge in [0, 0.05) is 24.7 Å². The Morgan fingerprint density at radius 2 is 1.67 bits per heavy atom. The second kappa shape index (κ2) is 9.09. The van der Waals surface area contributed by atoms with Crippen molar-refractivity contribution in [3.63, 3.8) is 0 Å². The molecule has 0 amide bonds. The number of hydrogen-bond donors (Lipinski definition) is 3. The van der Waals surface area contributed by atoms with E-state index in [1.165, 1.54) is 31.6 Å². The summed E-state index contributed by atoms with van der Waals surface area (Å²) in [5.74, 6) is -2.04. The molecule has 4 aliphatic rings. The molecule has 0 aromatic carbocycles. The van der Waals surface area contributed by atoms with Crippen LogP contribution in [0.1, 0.15) is 94.4 Å². The van der Waals surface area contributed by atoms with Crippen LogP contribution in [-0.4, -0.2) is 56.3 Å². The fraction of sp³-hybridized carbons (Fsp3) is 0.781. The third kappa shape index (κ3) is 4.38. The third-order valence-corrected chi connectivity index (χ3v) is 11.5. The van der Waals surface area contributed by atoms with Crippen molar-refractivity contribution in [2.45, 2.75) is 118 Å². The summed E-state index contributed by atoms with van der Waals surface area (Å²) in [6.45, 7) is 16.4. The molecule has 0 aromatic heterocycles. The summed E-state index contributed by atoms with van der Waals surface area (Å²) in [6, 6.07) is 0. The van der Waals surface area contributed by atoms with E-state index in [0.717, 1.165) is 0 Å². The first-order valence-electron chi connectivity index (χ1n) is 14.4. The lowest BCUT2D eigenvalue weighted by Gasteiger charge is -2.64. The number of esters is 1. The fourth-order valence-corrected chi connectivity index (χ4v) is 9.63. The van der Waals surface area contributed by atoms with Crippen molar-refractivity contribution in [2.24, 2.45) is 39.4 Å². The van der Waals surface area contributed by atoms with Crippen molar-refractivity contribution in [3.8, 4) is 0 Å². The van der Waals surface area contributed by atoms with Crippen molar-refractivity contribution >= 4 is 17.5 Å². The Hall–Kier alpha value is -1.83. The molecule has 4 rings (SSSR count). The second-order valence-corrected chi connectivity index (χ2v) is 15.0. The summed E-state index contributed by atoms with van der Waals surface area (Å²) in [5, 5.41) is 34.1. The van der Waals surface area contributed by atoms with Crippen LogP contribution in [0.4, 0.5) is 0 Å². The van der Waals surface area contributed by atoms with E-state index in [9.17, 15) is 29.7 Å². The highest BCUT2D eigenvalue weighted by atomic mass is 16.6. The minimum Gasteiger partial charge on any atom is -0.456 e. The Labute approximate surface area is 233 Å². The molecule has 0 aromatic rings.